The number of hydrogen-bond acceptors (Lipinski definition) is 3. The molecule has 0 aromatic rings. The van der Waals surface area contributed by atoms with Crippen LogP contribution in [-0.2, 0) is 9.53 Å². The molecule has 0 bridgehead atoms. The molecule has 0 aliphatic rings. The molecule has 1 unspecified atom stereocenters. The number of esters is 1. The average molecular weight is 215 g/mol. The van der Waals surface area contributed by atoms with Crippen LogP contribution in [-0.4, -0.2) is 18.6 Å². The van der Waals surface area contributed by atoms with Gasteiger partial charge in [0.05, 0.1) is 13.0 Å². The first-order valence-electron chi connectivity index (χ1n) is 6.11. The summed E-state index contributed by atoms with van der Waals surface area (Å²) >= 11 is 0. The minimum absolute atomic E-state index is 0.0295. The fourth-order valence-corrected chi connectivity index (χ4v) is 1.46. The summed E-state index contributed by atoms with van der Waals surface area (Å²) in [5, 5.41) is 0. The molecule has 3 heteroatoms. The van der Waals surface area contributed by atoms with Crippen molar-refractivity contribution in [3.63, 3.8) is 0 Å². The topological polar surface area (TPSA) is 52.3 Å². The summed E-state index contributed by atoms with van der Waals surface area (Å²) in [5.74, 6) is -0.146. The summed E-state index contributed by atoms with van der Waals surface area (Å²) in [6, 6.07) is -0.0295. The van der Waals surface area contributed by atoms with Gasteiger partial charge >= 0.3 is 5.97 Å². The molecule has 2 N–H and O–H groups in total. The molecule has 15 heavy (non-hydrogen) atoms. The van der Waals surface area contributed by atoms with E-state index in [4.69, 9.17) is 10.5 Å². The van der Waals surface area contributed by atoms with Crippen LogP contribution in [0.4, 0.5) is 0 Å². The van der Waals surface area contributed by atoms with Gasteiger partial charge in [0.15, 0.2) is 0 Å². The first-order valence-corrected chi connectivity index (χ1v) is 6.11. The first kappa shape index (κ1) is 14.4. The Balaban J connectivity index is 3.32. The Hall–Kier alpha value is -0.570. The molecule has 3 nitrogen and oxygen atoms in total. The lowest BCUT2D eigenvalue weighted by atomic mass is 10.1. The zero-order chi connectivity index (χ0) is 11.5. The highest BCUT2D eigenvalue weighted by Crippen LogP contribution is 2.02. The second-order valence-electron chi connectivity index (χ2n) is 4.03. The summed E-state index contributed by atoms with van der Waals surface area (Å²) in [6.45, 7) is 4.78. The van der Waals surface area contributed by atoms with Crippen molar-refractivity contribution in [2.24, 2.45) is 5.73 Å². The number of unbranched alkanes of at least 4 members (excludes halogenated alkanes) is 3. The highest BCUT2D eigenvalue weighted by Gasteiger charge is 2.09. The largest absolute Gasteiger partial charge is 0.466 e. The molecule has 0 aliphatic heterocycles. The second-order valence-corrected chi connectivity index (χ2v) is 4.03. The average Bonchev–Trinajstić information content (AvgIpc) is 2.17. The van der Waals surface area contributed by atoms with Gasteiger partial charge in [-0.3, -0.25) is 4.79 Å². The molecular formula is C12H25NO2. The van der Waals surface area contributed by atoms with Gasteiger partial charge in [0.2, 0.25) is 0 Å². The van der Waals surface area contributed by atoms with Crippen LogP contribution in [0, 0.1) is 0 Å². The third-order valence-electron chi connectivity index (χ3n) is 2.35. The van der Waals surface area contributed by atoms with Crippen LogP contribution < -0.4 is 5.73 Å². The van der Waals surface area contributed by atoms with E-state index in [9.17, 15) is 4.79 Å². The van der Waals surface area contributed by atoms with E-state index in [0.717, 1.165) is 25.7 Å². The van der Waals surface area contributed by atoms with Gasteiger partial charge in [0, 0.05) is 6.04 Å². The maximum atomic E-state index is 11.3. The van der Waals surface area contributed by atoms with Crippen LogP contribution >= 0.6 is 0 Å². The molecule has 0 heterocycles. The minimum Gasteiger partial charge on any atom is -0.466 e. The zero-order valence-corrected chi connectivity index (χ0v) is 10.1. The molecule has 0 saturated heterocycles. The Kier molecular flexibility index (Phi) is 9.59. The lowest BCUT2D eigenvalue weighted by Gasteiger charge is -2.09. The van der Waals surface area contributed by atoms with Crippen LogP contribution in [0.25, 0.3) is 0 Å². The maximum Gasteiger partial charge on any atom is 0.307 e. The molecule has 0 amide bonds. The van der Waals surface area contributed by atoms with Gasteiger partial charge in [-0.15, -0.1) is 0 Å². The number of rotatable bonds is 9. The van der Waals surface area contributed by atoms with Gasteiger partial charge in [-0.1, -0.05) is 39.5 Å². The highest BCUT2D eigenvalue weighted by molar-refractivity contribution is 5.70. The highest BCUT2D eigenvalue weighted by atomic mass is 16.5. The summed E-state index contributed by atoms with van der Waals surface area (Å²) < 4.78 is 5.09. The lowest BCUT2D eigenvalue weighted by molar-refractivity contribution is -0.144. The molecule has 0 saturated carbocycles. The molecule has 90 valence electrons. The number of hydrogen-bond donors (Lipinski definition) is 1. The van der Waals surface area contributed by atoms with Crippen molar-refractivity contribution < 1.29 is 9.53 Å². The van der Waals surface area contributed by atoms with Gasteiger partial charge in [0.25, 0.3) is 0 Å². The Morgan fingerprint density at radius 2 is 1.93 bits per heavy atom. The van der Waals surface area contributed by atoms with E-state index in [1.807, 2.05) is 0 Å². The normalized spacial score (nSPS) is 12.5. The van der Waals surface area contributed by atoms with Crippen LogP contribution in [0.1, 0.15) is 58.8 Å². The molecular weight excluding hydrogens is 190 g/mol. The van der Waals surface area contributed by atoms with E-state index in [0.29, 0.717) is 13.0 Å². The van der Waals surface area contributed by atoms with E-state index in [-0.39, 0.29) is 12.0 Å². The van der Waals surface area contributed by atoms with Gasteiger partial charge in [0.1, 0.15) is 0 Å². The second kappa shape index (κ2) is 9.97. The summed E-state index contributed by atoms with van der Waals surface area (Å²) in [5.41, 5.74) is 5.74. The van der Waals surface area contributed by atoms with Crippen molar-refractivity contribution in [1.29, 1.82) is 0 Å². The van der Waals surface area contributed by atoms with Gasteiger partial charge < -0.3 is 10.5 Å². The number of carbonyl (C=O) groups is 1. The third kappa shape index (κ3) is 9.73. The van der Waals surface area contributed by atoms with Crippen LogP contribution in [0.5, 0.6) is 0 Å². The molecule has 0 aromatic heterocycles. The van der Waals surface area contributed by atoms with Crippen molar-refractivity contribution in [3.8, 4) is 0 Å². The minimum atomic E-state index is -0.146. The Morgan fingerprint density at radius 1 is 1.20 bits per heavy atom. The molecule has 0 spiro atoms. The Bertz CT molecular complexity index is 160. The smallest absolute Gasteiger partial charge is 0.307 e. The lowest BCUT2D eigenvalue weighted by Crippen LogP contribution is -2.24. The van der Waals surface area contributed by atoms with Crippen LogP contribution in [0.3, 0.4) is 0 Å². The van der Waals surface area contributed by atoms with E-state index in [1.165, 1.54) is 12.8 Å². The fraction of sp³-hybridized carbons (Fsp3) is 0.917. The molecule has 0 fully saturated rings. The molecule has 1 atom stereocenters. The summed E-state index contributed by atoms with van der Waals surface area (Å²) in [7, 11) is 0. The summed E-state index contributed by atoms with van der Waals surface area (Å²) in [6.07, 6.45) is 6.81. The standard InChI is InChI=1S/C12H25NO2/c1-3-5-6-7-9-15-12(14)10-11(13)8-4-2/h11H,3-10,13H2,1-2H3. The molecule has 0 rings (SSSR count). The molecule has 0 radical (unpaired) electrons. The van der Waals surface area contributed by atoms with Crippen molar-refractivity contribution in [2.75, 3.05) is 6.61 Å². The monoisotopic (exact) mass is 215 g/mol. The summed E-state index contributed by atoms with van der Waals surface area (Å²) in [4.78, 5) is 11.3. The predicted molar refractivity (Wildman–Crippen MR) is 62.6 cm³/mol. The van der Waals surface area contributed by atoms with Crippen molar-refractivity contribution in [3.05, 3.63) is 0 Å². The maximum absolute atomic E-state index is 11.3. The SMILES string of the molecule is CCCCCCOC(=O)CC(N)CCC. The Morgan fingerprint density at radius 3 is 2.53 bits per heavy atom. The third-order valence-corrected chi connectivity index (χ3v) is 2.35. The van der Waals surface area contributed by atoms with E-state index in [2.05, 4.69) is 13.8 Å². The van der Waals surface area contributed by atoms with Crippen molar-refractivity contribution >= 4 is 5.97 Å². The fourth-order valence-electron chi connectivity index (χ4n) is 1.46. The van der Waals surface area contributed by atoms with Crippen molar-refractivity contribution in [2.45, 2.75) is 64.8 Å². The molecule has 0 aromatic carbocycles. The van der Waals surface area contributed by atoms with Gasteiger partial charge in [-0.2, -0.15) is 0 Å². The van der Waals surface area contributed by atoms with E-state index < -0.39 is 0 Å². The van der Waals surface area contributed by atoms with Gasteiger partial charge in [-0.25, -0.2) is 0 Å². The van der Waals surface area contributed by atoms with Gasteiger partial charge in [-0.05, 0) is 12.8 Å². The van der Waals surface area contributed by atoms with E-state index in [1.54, 1.807) is 0 Å². The number of carbonyl (C=O) groups excluding carboxylic acids is 1. The quantitative estimate of drug-likeness (QED) is 0.475. The molecule has 0 aliphatic carbocycles. The zero-order valence-electron chi connectivity index (χ0n) is 10.1. The first-order chi connectivity index (χ1) is 7.20. The van der Waals surface area contributed by atoms with Crippen molar-refractivity contribution in [1.82, 2.24) is 0 Å². The number of nitrogens with two attached hydrogens (primary N) is 1. The van der Waals surface area contributed by atoms with Crippen LogP contribution in [0.15, 0.2) is 0 Å². The van der Waals surface area contributed by atoms with Crippen LogP contribution in [0.2, 0.25) is 0 Å². The Labute approximate surface area is 93.4 Å². The van der Waals surface area contributed by atoms with E-state index >= 15 is 0 Å². The number of ether oxygens (including phenoxy) is 1. The predicted octanol–water partition coefficient (Wildman–Crippen LogP) is 2.63.